The van der Waals surface area contributed by atoms with E-state index in [0.29, 0.717) is 0 Å². The second kappa shape index (κ2) is 13.0. The second-order valence-electron chi connectivity index (χ2n) is 6.36. The first-order valence-electron chi connectivity index (χ1n) is 8.01. The van der Waals surface area contributed by atoms with Crippen molar-refractivity contribution in [3.63, 3.8) is 0 Å². The van der Waals surface area contributed by atoms with Gasteiger partial charge in [0.15, 0.2) is 0 Å². The van der Waals surface area contributed by atoms with E-state index in [1.54, 1.807) is 0 Å². The number of phosphoric ester groups is 6. The van der Waals surface area contributed by atoms with Crippen molar-refractivity contribution in [3.8, 4) is 0 Å². The summed E-state index contributed by atoms with van der Waals surface area (Å²) in [5.74, 6) is 0. The molecule has 1 radical (unpaired) electrons. The number of phosphoric acid groups is 6. The van der Waals surface area contributed by atoms with E-state index in [0.717, 1.165) is 0 Å². The molecule has 0 aliphatic heterocycles. The molecule has 12 N–H and O–H groups in total. The number of hydrogen-bond acceptors (Lipinski definition) is 12. The minimum absolute atomic E-state index is 0. The van der Waals surface area contributed by atoms with Gasteiger partial charge in [0.1, 0.15) is 36.6 Å². The van der Waals surface area contributed by atoms with Crippen molar-refractivity contribution in [1.82, 2.24) is 0 Å². The molecule has 0 aromatic carbocycles. The van der Waals surface area contributed by atoms with E-state index in [1.165, 1.54) is 0 Å². The van der Waals surface area contributed by atoms with Crippen molar-refractivity contribution in [2.45, 2.75) is 36.6 Å². The second-order valence-corrected chi connectivity index (χ2v) is 13.5. The molecule has 1 fully saturated rings. The zero-order chi connectivity index (χ0) is 28.7. The molecule has 1 aliphatic carbocycles. The first-order valence-corrected chi connectivity index (χ1v) is 17.2. The first-order chi connectivity index (χ1) is 15.6. The zero-order valence-electron chi connectivity index (χ0n) is 16.7. The standard InChI is InChI=1S/C6H18O24P6.Cu/c7-31(8,9)25-1-2(26-32(10,11)12)4(28-34(16,17)18)6(30-36(22,23)24)5(29-35(19,20)21)3(1)27-33(13,14)15;/h1-6H,(H2,7,8,9)(H2,10,11,12)(H2,13,14,15)(H2,16,17,18)(H2,19,20,21)(H2,22,23,24);/t1-,2-,3-,4+,5-,6-;. The Morgan fingerprint density at radius 2 is 0.378 bits per heavy atom. The Hall–Kier alpha value is 1.18. The molecule has 1 saturated carbocycles. The molecule has 0 amide bonds. The molecule has 1 rings (SSSR count). The predicted molar refractivity (Wildman–Crippen MR) is 102 cm³/mol. The number of hydrogen-bond donors (Lipinski definition) is 12. The van der Waals surface area contributed by atoms with E-state index in [9.17, 15) is 27.4 Å². The van der Waals surface area contributed by atoms with Crippen molar-refractivity contribution in [2.24, 2.45) is 0 Å². The molecule has 0 saturated heterocycles. The average molecular weight is 724 g/mol. The third kappa shape index (κ3) is 15.1. The van der Waals surface area contributed by atoms with Gasteiger partial charge in [0, 0.05) is 17.1 Å². The van der Waals surface area contributed by atoms with Crippen LogP contribution in [0.2, 0.25) is 0 Å². The normalized spacial score (nSPS) is 28.5. The fourth-order valence-corrected chi connectivity index (χ4v) is 6.14. The SMILES string of the molecule is O=P(O)(O)O[C@H]1[C@H](OP(=O)(O)O)[C@@H](OP(=O)(O)O)[C@H](OP(=O)(O)O)[C@@H](OP(=O)(O)O)[C@H]1OP(=O)(O)O.[Cu]. The molecule has 0 aromatic rings. The molecule has 24 nitrogen and oxygen atoms in total. The fourth-order valence-electron chi connectivity index (χ4n) is 2.79. The van der Waals surface area contributed by atoms with Crippen LogP contribution in [0.1, 0.15) is 0 Å². The van der Waals surface area contributed by atoms with Gasteiger partial charge in [-0.3, -0.25) is 27.1 Å². The van der Waals surface area contributed by atoms with Crippen LogP contribution >= 0.6 is 46.9 Å². The van der Waals surface area contributed by atoms with Gasteiger partial charge in [-0.25, -0.2) is 27.4 Å². The minimum atomic E-state index is -6.02. The minimum Gasteiger partial charge on any atom is -0.303 e. The molecule has 0 spiro atoms. The summed E-state index contributed by atoms with van der Waals surface area (Å²) in [7, 11) is -36.1. The fraction of sp³-hybridized carbons (Fsp3) is 1.00. The van der Waals surface area contributed by atoms with Crippen molar-refractivity contribution >= 4 is 46.9 Å². The van der Waals surface area contributed by atoms with E-state index in [4.69, 9.17) is 58.7 Å². The van der Waals surface area contributed by atoms with Gasteiger partial charge in [0.05, 0.1) is 0 Å². The quantitative estimate of drug-likeness (QED) is 0.0699. The maximum atomic E-state index is 11.4. The average Bonchev–Trinajstić information content (AvgIpc) is 2.51. The molecule has 227 valence electrons. The summed E-state index contributed by atoms with van der Waals surface area (Å²) in [6.07, 6.45) is -18.9. The topological polar surface area (TPSA) is 401 Å². The van der Waals surface area contributed by atoms with Crippen LogP contribution in [0.4, 0.5) is 0 Å². The van der Waals surface area contributed by atoms with E-state index in [2.05, 4.69) is 27.1 Å². The summed E-state index contributed by atoms with van der Waals surface area (Å²) in [5, 5.41) is 0. The number of rotatable bonds is 12. The van der Waals surface area contributed by atoms with Crippen LogP contribution in [0.5, 0.6) is 0 Å². The maximum Gasteiger partial charge on any atom is 0.470 e. The van der Waals surface area contributed by atoms with E-state index >= 15 is 0 Å². The van der Waals surface area contributed by atoms with Gasteiger partial charge in [0.2, 0.25) is 0 Å². The van der Waals surface area contributed by atoms with E-state index in [1.807, 2.05) is 0 Å². The smallest absolute Gasteiger partial charge is 0.303 e. The maximum absolute atomic E-state index is 11.4. The summed E-state index contributed by atoms with van der Waals surface area (Å²) in [4.78, 5) is 110. The Morgan fingerprint density at radius 1 is 0.297 bits per heavy atom. The van der Waals surface area contributed by atoms with Crippen LogP contribution in [0.15, 0.2) is 0 Å². The molecule has 0 bridgehead atoms. The Kier molecular flexibility index (Phi) is 13.4. The van der Waals surface area contributed by atoms with Crippen LogP contribution in [-0.2, 0) is 71.6 Å². The van der Waals surface area contributed by atoms with E-state index in [-0.39, 0.29) is 17.1 Å². The first kappa shape index (κ1) is 38.2. The van der Waals surface area contributed by atoms with Crippen molar-refractivity contribution in [2.75, 3.05) is 0 Å². The van der Waals surface area contributed by atoms with Crippen LogP contribution < -0.4 is 0 Å². The van der Waals surface area contributed by atoms with E-state index < -0.39 is 83.6 Å². The van der Waals surface area contributed by atoms with Crippen LogP contribution in [0, 0.1) is 0 Å². The summed E-state index contributed by atoms with van der Waals surface area (Å²) >= 11 is 0. The van der Waals surface area contributed by atoms with Crippen molar-refractivity contribution < 1.29 is 130 Å². The van der Waals surface area contributed by atoms with Crippen LogP contribution in [0.3, 0.4) is 0 Å². The molecule has 31 heteroatoms. The third-order valence-electron chi connectivity index (χ3n) is 3.50. The Balaban J connectivity index is 0.0000130. The van der Waals surface area contributed by atoms with Gasteiger partial charge in [-0.1, -0.05) is 0 Å². The van der Waals surface area contributed by atoms with Crippen molar-refractivity contribution in [1.29, 1.82) is 0 Å². The molecule has 0 aromatic heterocycles. The largest absolute Gasteiger partial charge is 0.470 e. The van der Waals surface area contributed by atoms with Gasteiger partial charge < -0.3 is 58.7 Å². The molecule has 0 unspecified atom stereocenters. The van der Waals surface area contributed by atoms with Gasteiger partial charge in [-0.15, -0.1) is 0 Å². The van der Waals surface area contributed by atoms with Crippen LogP contribution in [0.25, 0.3) is 0 Å². The van der Waals surface area contributed by atoms with Crippen molar-refractivity contribution in [3.05, 3.63) is 0 Å². The van der Waals surface area contributed by atoms with Gasteiger partial charge in [0.25, 0.3) is 0 Å². The van der Waals surface area contributed by atoms with Gasteiger partial charge in [-0.05, 0) is 0 Å². The summed E-state index contributed by atoms with van der Waals surface area (Å²) in [6.45, 7) is 0. The Morgan fingerprint density at radius 3 is 0.432 bits per heavy atom. The van der Waals surface area contributed by atoms with Gasteiger partial charge >= 0.3 is 46.9 Å². The molecule has 37 heavy (non-hydrogen) atoms. The van der Waals surface area contributed by atoms with Crippen LogP contribution in [-0.4, -0.2) is 95.3 Å². The molecule has 0 atom stereocenters. The Labute approximate surface area is 214 Å². The third-order valence-corrected chi connectivity index (χ3v) is 6.61. The summed E-state index contributed by atoms with van der Waals surface area (Å²) < 4.78 is 93.1. The summed E-state index contributed by atoms with van der Waals surface area (Å²) in [6, 6.07) is 0. The Bertz CT molecular complexity index is 824. The summed E-state index contributed by atoms with van der Waals surface area (Å²) in [5.41, 5.74) is 0. The predicted octanol–water partition coefficient (Wildman–Crippen LogP) is -3.14. The monoisotopic (exact) mass is 723 g/mol. The molecular weight excluding hydrogens is 705 g/mol. The molecule has 1 aliphatic rings. The molecule has 0 heterocycles. The molecular formula is C6H18CuO24P6. The zero-order valence-corrected chi connectivity index (χ0v) is 23.0. The van der Waals surface area contributed by atoms with Gasteiger partial charge in [-0.2, -0.15) is 0 Å².